The molecule has 0 bridgehead atoms. The normalized spacial score (nSPS) is 12.1. The van der Waals surface area contributed by atoms with Gasteiger partial charge in [0.1, 0.15) is 18.5 Å². The number of aliphatic hydroxyl groups excluding tert-OH is 1. The Morgan fingerprint density at radius 3 is 2.33 bits per heavy atom. The molecule has 1 aromatic carbocycles. The molecule has 0 aromatic heterocycles. The molecule has 0 heterocycles. The lowest BCUT2D eigenvalue weighted by molar-refractivity contribution is 0.0755. The minimum Gasteiger partial charge on any atom is -0.491 e. The Labute approximate surface area is 109 Å². The summed E-state index contributed by atoms with van der Waals surface area (Å²) in [7, 11) is 0. The van der Waals surface area contributed by atoms with Crippen molar-refractivity contribution < 1.29 is 9.84 Å². The first kappa shape index (κ1) is 14.5. The van der Waals surface area contributed by atoms with E-state index in [1.165, 1.54) is 0 Å². The minimum absolute atomic E-state index is 0.287. The molecule has 1 rings (SSSR count). The zero-order valence-corrected chi connectivity index (χ0v) is 10.7. The van der Waals surface area contributed by atoms with Gasteiger partial charge in [0, 0.05) is 19.6 Å². The highest BCUT2D eigenvalue weighted by molar-refractivity contribution is 5.20. The zero-order valence-electron chi connectivity index (χ0n) is 10.7. The molecule has 1 atom stereocenters. The average molecular weight is 247 g/mol. The van der Waals surface area contributed by atoms with Gasteiger partial charge in [-0.25, -0.2) is 0 Å². The molecule has 0 radical (unpaired) electrons. The van der Waals surface area contributed by atoms with Crippen molar-refractivity contribution >= 4 is 0 Å². The van der Waals surface area contributed by atoms with Gasteiger partial charge < -0.3 is 9.84 Å². The smallest absolute Gasteiger partial charge is 0.119 e. The Hall–Kier alpha value is -1.58. The van der Waals surface area contributed by atoms with Crippen LogP contribution in [0.15, 0.2) is 55.6 Å². The van der Waals surface area contributed by atoms with E-state index in [0.717, 1.165) is 18.8 Å². The van der Waals surface area contributed by atoms with Crippen molar-refractivity contribution in [1.82, 2.24) is 4.90 Å². The van der Waals surface area contributed by atoms with Gasteiger partial charge in [-0.1, -0.05) is 30.4 Å². The summed E-state index contributed by atoms with van der Waals surface area (Å²) in [6.07, 6.45) is 3.10. The van der Waals surface area contributed by atoms with E-state index in [4.69, 9.17) is 4.74 Å². The van der Waals surface area contributed by atoms with E-state index in [-0.39, 0.29) is 6.61 Å². The van der Waals surface area contributed by atoms with Gasteiger partial charge in [-0.3, -0.25) is 4.90 Å². The second-order valence-electron chi connectivity index (χ2n) is 4.07. The van der Waals surface area contributed by atoms with Crippen LogP contribution in [0.5, 0.6) is 5.75 Å². The van der Waals surface area contributed by atoms with Crippen LogP contribution in [0.25, 0.3) is 0 Å². The van der Waals surface area contributed by atoms with E-state index in [2.05, 4.69) is 18.1 Å². The average Bonchev–Trinajstić information content (AvgIpc) is 2.38. The van der Waals surface area contributed by atoms with Crippen LogP contribution in [0.4, 0.5) is 0 Å². The van der Waals surface area contributed by atoms with Crippen molar-refractivity contribution in [2.24, 2.45) is 0 Å². The lowest BCUT2D eigenvalue weighted by Gasteiger charge is -2.22. The third-order valence-electron chi connectivity index (χ3n) is 2.43. The van der Waals surface area contributed by atoms with Crippen LogP contribution in [0.2, 0.25) is 0 Å². The molecule has 0 aliphatic heterocycles. The topological polar surface area (TPSA) is 32.7 Å². The molecule has 0 aliphatic carbocycles. The standard InChI is InChI=1S/C15H21NO2/c1-3-10-16(11-4-2)12-14(17)13-18-15-8-6-5-7-9-15/h3-9,14,17H,1-2,10-13H2/t14-/m0/s1. The molecule has 0 unspecified atom stereocenters. The highest BCUT2D eigenvalue weighted by Gasteiger charge is 2.10. The number of nitrogens with zero attached hydrogens (tertiary/aromatic N) is 1. The van der Waals surface area contributed by atoms with Gasteiger partial charge in [-0.05, 0) is 12.1 Å². The van der Waals surface area contributed by atoms with Crippen LogP contribution in [-0.2, 0) is 0 Å². The molecule has 3 heteroatoms. The number of ether oxygens (including phenoxy) is 1. The maximum Gasteiger partial charge on any atom is 0.119 e. The van der Waals surface area contributed by atoms with Crippen LogP contribution in [-0.4, -0.2) is 42.4 Å². The summed E-state index contributed by atoms with van der Waals surface area (Å²) in [5.74, 6) is 0.774. The predicted octanol–water partition coefficient (Wildman–Crippen LogP) is 2.10. The van der Waals surface area contributed by atoms with Gasteiger partial charge in [0.15, 0.2) is 0 Å². The first-order chi connectivity index (χ1) is 8.76. The Kier molecular flexibility index (Phi) is 6.84. The summed E-state index contributed by atoms with van der Waals surface area (Å²) in [4.78, 5) is 2.05. The Morgan fingerprint density at radius 1 is 1.17 bits per heavy atom. The van der Waals surface area contributed by atoms with Gasteiger partial charge in [-0.2, -0.15) is 0 Å². The maximum atomic E-state index is 9.90. The number of aliphatic hydroxyl groups is 1. The van der Waals surface area contributed by atoms with E-state index >= 15 is 0 Å². The van der Waals surface area contributed by atoms with Crippen molar-refractivity contribution in [3.8, 4) is 5.75 Å². The van der Waals surface area contributed by atoms with Crippen LogP contribution in [0.3, 0.4) is 0 Å². The highest BCUT2D eigenvalue weighted by Crippen LogP contribution is 2.08. The fourth-order valence-corrected chi connectivity index (χ4v) is 1.65. The SMILES string of the molecule is C=CCN(CC=C)C[C@H](O)COc1ccccc1. The lowest BCUT2D eigenvalue weighted by Crippen LogP contribution is -2.35. The Morgan fingerprint density at radius 2 is 1.78 bits per heavy atom. The van der Waals surface area contributed by atoms with Crippen molar-refractivity contribution in [3.63, 3.8) is 0 Å². The fraction of sp³-hybridized carbons (Fsp3) is 0.333. The molecular weight excluding hydrogens is 226 g/mol. The summed E-state index contributed by atoms with van der Waals surface area (Å²) in [6, 6.07) is 9.49. The summed E-state index contributed by atoms with van der Waals surface area (Å²) in [5.41, 5.74) is 0. The van der Waals surface area contributed by atoms with E-state index < -0.39 is 6.10 Å². The van der Waals surface area contributed by atoms with Crippen molar-refractivity contribution in [2.75, 3.05) is 26.2 Å². The monoisotopic (exact) mass is 247 g/mol. The van der Waals surface area contributed by atoms with Crippen molar-refractivity contribution in [1.29, 1.82) is 0 Å². The summed E-state index contributed by atoms with van der Waals surface area (Å²) in [5, 5.41) is 9.90. The number of rotatable bonds is 9. The second-order valence-corrected chi connectivity index (χ2v) is 4.07. The molecule has 0 saturated carbocycles. The number of benzene rings is 1. The van der Waals surface area contributed by atoms with Gasteiger partial charge in [0.05, 0.1) is 0 Å². The third-order valence-corrected chi connectivity index (χ3v) is 2.43. The van der Waals surface area contributed by atoms with Crippen molar-refractivity contribution in [2.45, 2.75) is 6.10 Å². The van der Waals surface area contributed by atoms with Crippen LogP contribution < -0.4 is 4.74 Å². The van der Waals surface area contributed by atoms with Gasteiger partial charge >= 0.3 is 0 Å². The molecule has 0 fully saturated rings. The molecule has 0 amide bonds. The molecular formula is C15H21NO2. The molecule has 98 valence electrons. The molecule has 0 saturated heterocycles. The molecule has 18 heavy (non-hydrogen) atoms. The first-order valence-corrected chi connectivity index (χ1v) is 6.06. The van der Waals surface area contributed by atoms with E-state index in [9.17, 15) is 5.11 Å². The lowest BCUT2D eigenvalue weighted by atomic mass is 10.3. The number of para-hydroxylation sites is 1. The van der Waals surface area contributed by atoms with Crippen LogP contribution >= 0.6 is 0 Å². The predicted molar refractivity (Wildman–Crippen MR) is 74.8 cm³/mol. The van der Waals surface area contributed by atoms with Crippen molar-refractivity contribution in [3.05, 3.63) is 55.6 Å². The fourth-order valence-electron chi connectivity index (χ4n) is 1.65. The largest absolute Gasteiger partial charge is 0.491 e. The van der Waals surface area contributed by atoms with E-state index in [0.29, 0.717) is 6.54 Å². The molecule has 3 nitrogen and oxygen atoms in total. The maximum absolute atomic E-state index is 9.90. The summed E-state index contributed by atoms with van der Waals surface area (Å²) < 4.78 is 5.50. The Bertz CT molecular complexity index is 341. The van der Waals surface area contributed by atoms with Gasteiger partial charge in [0.2, 0.25) is 0 Å². The van der Waals surface area contributed by atoms with E-state index in [1.807, 2.05) is 42.5 Å². The van der Waals surface area contributed by atoms with Gasteiger partial charge in [0.25, 0.3) is 0 Å². The van der Waals surface area contributed by atoms with E-state index in [1.54, 1.807) is 0 Å². The second kappa shape index (κ2) is 8.50. The Balaban J connectivity index is 2.33. The summed E-state index contributed by atoms with van der Waals surface area (Å²) >= 11 is 0. The minimum atomic E-state index is -0.523. The zero-order chi connectivity index (χ0) is 13.2. The third kappa shape index (κ3) is 5.66. The number of hydrogen-bond acceptors (Lipinski definition) is 3. The molecule has 0 aliphatic rings. The highest BCUT2D eigenvalue weighted by atomic mass is 16.5. The molecule has 1 N–H and O–H groups in total. The molecule has 0 spiro atoms. The summed E-state index contributed by atoms with van der Waals surface area (Å²) in [6.45, 7) is 9.68. The van der Waals surface area contributed by atoms with Crippen LogP contribution in [0, 0.1) is 0 Å². The quantitative estimate of drug-likeness (QED) is 0.678. The first-order valence-electron chi connectivity index (χ1n) is 6.06. The number of hydrogen-bond donors (Lipinski definition) is 1. The van der Waals surface area contributed by atoms with Gasteiger partial charge in [-0.15, -0.1) is 13.2 Å². The van der Waals surface area contributed by atoms with Crippen LogP contribution in [0.1, 0.15) is 0 Å². The molecule has 1 aromatic rings.